The lowest BCUT2D eigenvalue weighted by molar-refractivity contribution is -0.130. The number of nitrogens with zero attached hydrogens (tertiary/aromatic N) is 5. The highest BCUT2D eigenvalue weighted by Crippen LogP contribution is 2.31. The molecule has 8 heteroatoms. The first kappa shape index (κ1) is 16.0. The normalized spacial score (nSPS) is 27.0. The second-order valence-corrected chi connectivity index (χ2v) is 7.15. The van der Waals surface area contributed by atoms with Crippen LogP contribution in [0.15, 0.2) is 18.5 Å². The number of carbonyl (C=O) groups is 2. The number of nitrogens with one attached hydrogen (secondary N) is 1. The van der Waals surface area contributed by atoms with E-state index in [1.165, 1.54) is 4.52 Å². The van der Waals surface area contributed by atoms with E-state index in [9.17, 15) is 9.59 Å². The summed E-state index contributed by atoms with van der Waals surface area (Å²) in [5.41, 5.74) is 0. The first-order valence-electron chi connectivity index (χ1n) is 8.88. The van der Waals surface area contributed by atoms with Crippen molar-refractivity contribution < 1.29 is 9.59 Å². The molecule has 3 heterocycles. The Hall–Kier alpha value is -2.51. The van der Waals surface area contributed by atoms with Crippen LogP contribution in [-0.4, -0.2) is 48.9 Å². The Balaban J connectivity index is 1.40. The van der Waals surface area contributed by atoms with Gasteiger partial charge >= 0.3 is 0 Å². The average Bonchev–Trinajstić information content (AvgIpc) is 3.18. The van der Waals surface area contributed by atoms with Crippen LogP contribution in [0, 0.1) is 11.8 Å². The number of carbonyl (C=O) groups excluding carboxylic acids is 2. The van der Waals surface area contributed by atoms with Crippen LogP contribution in [0.25, 0.3) is 5.78 Å². The van der Waals surface area contributed by atoms with Gasteiger partial charge in [0.05, 0.1) is 5.92 Å². The molecule has 2 fully saturated rings. The fourth-order valence-corrected chi connectivity index (χ4v) is 3.81. The number of likely N-dealkylation sites (tertiary alicyclic amines) is 1. The van der Waals surface area contributed by atoms with Crippen molar-refractivity contribution in [2.75, 3.05) is 11.9 Å². The standard InChI is InChI=1S/C17H22N6O2/c1-11-3-5-13(6-4-11)22-10-12(9-14(22)24)15(25)19-16-20-17-18-7-2-8-23(17)21-16/h2,7-8,11-13H,3-6,9-10H2,1H3,(H,19,21,25)/t11?,12-,13?/m0/s1. The van der Waals surface area contributed by atoms with Crippen LogP contribution in [0.2, 0.25) is 0 Å². The third-order valence-electron chi connectivity index (χ3n) is 5.31. The van der Waals surface area contributed by atoms with E-state index in [4.69, 9.17) is 0 Å². The fourth-order valence-electron chi connectivity index (χ4n) is 3.81. The maximum absolute atomic E-state index is 12.5. The summed E-state index contributed by atoms with van der Waals surface area (Å²) >= 11 is 0. The van der Waals surface area contributed by atoms with Crippen molar-refractivity contribution in [3.05, 3.63) is 18.5 Å². The number of fused-ring (bicyclic) bond motifs is 1. The van der Waals surface area contributed by atoms with Crippen LogP contribution in [0.3, 0.4) is 0 Å². The zero-order chi connectivity index (χ0) is 17.4. The number of anilines is 1. The Kier molecular flexibility index (Phi) is 4.10. The zero-order valence-corrected chi connectivity index (χ0v) is 14.3. The molecular formula is C17H22N6O2. The minimum Gasteiger partial charge on any atom is -0.339 e. The maximum Gasteiger partial charge on any atom is 0.253 e. The third kappa shape index (κ3) is 3.20. The predicted octanol–water partition coefficient (Wildman–Crippen LogP) is 1.49. The summed E-state index contributed by atoms with van der Waals surface area (Å²) in [6.07, 6.45) is 8.00. The van der Waals surface area contributed by atoms with Crippen LogP contribution >= 0.6 is 0 Å². The molecule has 25 heavy (non-hydrogen) atoms. The zero-order valence-electron chi connectivity index (χ0n) is 14.3. The average molecular weight is 342 g/mol. The van der Waals surface area contributed by atoms with E-state index < -0.39 is 0 Å². The van der Waals surface area contributed by atoms with Gasteiger partial charge in [0.1, 0.15) is 0 Å². The number of aromatic nitrogens is 4. The van der Waals surface area contributed by atoms with Crippen LogP contribution in [-0.2, 0) is 9.59 Å². The van der Waals surface area contributed by atoms with Gasteiger partial charge in [0.2, 0.25) is 11.8 Å². The fraction of sp³-hybridized carbons (Fsp3) is 0.588. The Morgan fingerprint density at radius 3 is 2.84 bits per heavy atom. The molecule has 1 saturated heterocycles. The van der Waals surface area contributed by atoms with Crippen molar-refractivity contribution in [2.24, 2.45) is 11.8 Å². The van der Waals surface area contributed by atoms with E-state index in [1.54, 1.807) is 18.5 Å². The minimum atomic E-state index is -0.341. The first-order valence-corrected chi connectivity index (χ1v) is 8.88. The molecule has 2 aliphatic rings. The van der Waals surface area contributed by atoms with Gasteiger partial charge in [-0.25, -0.2) is 9.50 Å². The smallest absolute Gasteiger partial charge is 0.253 e. The molecule has 8 nitrogen and oxygen atoms in total. The Bertz CT molecular complexity index is 762. The molecule has 0 spiro atoms. The molecule has 2 aromatic rings. The maximum atomic E-state index is 12.5. The third-order valence-corrected chi connectivity index (χ3v) is 5.31. The molecule has 1 atom stereocenters. The van der Waals surface area contributed by atoms with E-state index in [1.807, 2.05) is 4.90 Å². The monoisotopic (exact) mass is 342 g/mol. The molecule has 1 aliphatic heterocycles. The summed E-state index contributed by atoms with van der Waals surface area (Å²) in [5.74, 6) is 0.939. The van der Waals surface area contributed by atoms with Crippen molar-refractivity contribution in [1.82, 2.24) is 24.5 Å². The Morgan fingerprint density at radius 1 is 1.28 bits per heavy atom. The molecule has 1 aliphatic carbocycles. The number of rotatable bonds is 3. The second-order valence-electron chi connectivity index (χ2n) is 7.15. The quantitative estimate of drug-likeness (QED) is 0.912. The summed E-state index contributed by atoms with van der Waals surface area (Å²) in [6.45, 7) is 2.75. The summed E-state index contributed by atoms with van der Waals surface area (Å²) in [6, 6.07) is 2.03. The highest BCUT2D eigenvalue weighted by atomic mass is 16.2. The van der Waals surface area contributed by atoms with E-state index >= 15 is 0 Å². The highest BCUT2D eigenvalue weighted by Gasteiger charge is 2.38. The van der Waals surface area contributed by atoms with Crippen molar-refractivity contribution in [3.8, 4) is 0 Å². The molecular weight excluding hydrogens is 320 g/mol. The summed E-state index contributed by atoms with van der Waals surface area (Å²) in [4.78, 5) is 35.0. The molecule has 1 N–H and O–H groups in total. The lowest BCUT2D eigenvalue weighted by Crippen LogP contribution is -2.39. The van der Waals surface area contributed by atoms with Gasteiger partial charge in [0.25, 0.3) is 11.7 Å². The molecule has 0 unspecified atom stereocenters. The van der Waals surface area contributed by atoms with Gasteiger partial charge in [-0.05, 0) is 37.7 Å². The van der Waals surface area contributed by atoms with Gasteiger partial charge in [0, 0.05) is 31.4 Å². The molecule has 1 saturated carbocycles. The van der Waals surface area contributed by atoms with E-state index in [-0.39, 0.29) is 30.1 Å². The molecule has 4 rings (SSSR count). The lowest BCUT2D eigenvalue weighted by Gasteiger charge is -2.33. The number of amides is 2. The van der Waals surface area contributed by atoms with Crippen molar-refractivity contribution >= 4 is 23.5 Å². The van der Waals surface area contributed by atoms with Gasteiger partial charge in [-0.15, -0.1) is 5.10 Å². The number of hydrogen-bond acceptors (Lipinski definition) is 5. The van der Waals surface area contributed by atoms with Gasteiger partial charge in [-0.1, -0.05) is 6.92 Å². The topological polar surface area (TPSA) is 92.5 Å². The van der Waals surface area contributed by atoms with E-state index in [0.29, 0.717) is 18.4 Å². The second kappa shape index (κ2) is 6.42. The van der Waals surface area contributed by atoms with Crippen LogP contribution < -0.4 is 5.32 Å². The van der Waals surface area contributed by atoms with Gasteiger partial charge in [0.15, 0.2) is 0 Å². The molecule has 0 radical (unpaired) electrons. The lowest BCUT2D eigenvalue weighted by atomic mass is 9.87. The van der Waals surface area contributed by atoms with Crippen molar-refractivity contribution in [1.29, 1.82) is 0 Å². The summed E-state index contributed by atoms with van der Waals surface area (Å²) in [5, 5.41) is 6.90. The van der Waals surface area contributed by atoms with Crippen LogP contribution in [0.5, 0.6) is 0 Å². The van der Waals surface area contributed by atoms with Gasteiger partial charge in [-0.3, -0.25) is 14.9 Å². The van der Waals surface area contributed by atoms with Gasteiger partial charge in [-0.2, -0.15) is 4.98 Å². The van der Waals surface area contributed by atoms with Gasteiger partial charge < -0.3 is 4.90 Å². The van der Waals surface area contributed by atoms with Crippen molar-refractivity contribution in [3.63, 3.8) is 0 Å². The van der Waals surface area contributed by atoms with Crippen molar-refractivity contribution in [2.45, 2.75) is 45.1 Å². The Labute approximate surface area is 145 Å². The molecule has 132 valence electrons. The largest absolute Gasteiger partial charge is 0.339 e. The predicted molar refractivity (Wildman–Crippen MR) is 90.7 cm³/mol. The van der Waals surface area contributed by atoms with Crippen LogP contribution in [0.4, 0.5) is 5.95 Å². The van der Waals surface area contributed by atoms with Crippen LogP contribution in [0.1, 0.15) is 39.0 Å². The SMILES string of the molecule is CC1CCC(N2C[C@@H](C(=O)Nc3nc4ncccn4n3)CC2=O)CC1. The minimum absolute atomic E-state index is 0.0873. The molecule has 2 amide bonds. The van der Waals surface area contributed by atoms with E-state index in [2.05, 4.69) is 27.3 Å². The molecule has 2 aromatic heterocycles. The van der Waals surface area contributed by atoms with E-state index in [0.717, 1.165) is 31.6 Å². The Morgan fingerprint density at radius 2 is 2.08 bits per heavy atom. The summed E-state index contributed by atoms with van der Waals surface area (Å²) in [7, 11) is 0. The summed E-state index contributed by atoms with van der Waals surface area (Å²) < 4.78 is 1.50. The first-order chi connectivity index (χ1) is 12.1. The molecule has 0 bridgehead atoms. The molecule has 0 aromatic carbocycles. The highest BCUT2D eigenvalue weighted by molar-refractivity contribution is 5.96. The number of hydrogen-bond donors (Lipinski definition) is 1.